The van der Waals surface area contributed by atoms with Gasteiger partial charge in [0.25, 0.3) is 5.91 Å². The molecule has 98 valence electrons. The fourth-order valence-corrected chi connectivity index (χ4v) is 2.13. The smallest absolute Gasteiger partial charge is 0.259 e. The lowest BCUT2D eigenvalue weighted by Gasteiger charge is -2.10. The van der Waals surface area contributed by atoms with Crippen LogP contribution in [-0.2, 0) is 0 Å². The fraction of sp³-hybridized carbons (Fsp3) is 0.0714. The van der Waals surface area contributed by atoms with Gasteiger partial charge < -0.3 is 10.1 Å². The standard InChI is InChI=1S/C14H11BrClNO2/c1-19-13-8-9(15)6-7-10(13)14(18)17-12-5-3-2-4-11(12)16/h2-8H,1H3,(H,17,18). The van der Waals surface area contributed by atoms with Crippen LogP contribution < -0.4 is 10.1 Å². The van der Waals surface area contributed by atoms with Crippen molar-refractivity contribution in [2.75, 3.05) is 12.4 Å². The van der Waals surface area contributed by atoms with Gasteiger partial charge in [-0.05, 0) is 30.3 Å². The number of rotatable bonds is 3. The van der Waals surface area contributed by atoms with Crippen LogP contribution in [0, 0.1) is 0 Å². The Balaban J connectivity index is 2.28. The minimum atomic E-state index is -0.266. The molecule has 0 heterocycles. The molecule has 19 heavy (non-hydrogen) atoms. The van der Waals surface area contributed by atoms with E-state index >= 15 is 0 Å². The molecule has 3 nitrogen and oxygen atoms in total. The maximum absolute atomic E-state index is 12.2. The van der Waals surface area contributed by atoms with Crippen molar-refractivity contribution in [1.82, 2.24) is 0 Å². The van der Waals surface area contributed by atoms with Gasteiger partial charge in [-0.1, -0.05) is 39.7 Å². The van der Waals surface area contributed by atoms with E-state index < -0.39 is 0 Å². The molecule has 1 N–H and O–H groups in total. The number of anilines is 1. The van der Waals surface area contributed by atoms with Crippen LogP contribution in [0.5, 0.6) is 5.75 Å². The zero-order chi connectivity index (χ0) is 13.8. The maximum Gasteiger partial charge on any atom is 0.259 e. The Bertz CT molecular complexity index is 616. The molecule has 0 radical (unpaired) electrons. The highest BCUT2D eigenvalue weighted by Crippen LogP contribution is 2.26. The van der Waals surface area contributed by atoms with E-state index in [2.05, 4.69) is 21.2 Å². The molecular formula is C14H11BrClNO2. The second-order valence-corrected chi connectivity index (χ2v) is 5.10. The number of carbonyl (C=O) groups excluding carboxylic acids is 1. The molecule has 2 aromatic rings. The van der Waals surface area contributed by atoms with Crippen LogP contribution in [0.2, 0.25) is 5.02 Å². The van der Waals surface area contributed by atoms with Crippen LogP contribution in [0.4, 0.5) is 5.69 Å². The van der Waals surface area contributed by atoms with Crippen LogP contribution >= 0.6 is 27.5 Å². The lowest BCUT2D eigenvalue weighted by molar-refractivity contribution is 0.102. The van der Waals surface area contributed by atoms with Crippen molar-refractivity contribution >= 4 is 39.1 Å². The number of para-hydroxylation sites is 1. The molecule has 0 spiro atoms. The summed E-state index contributed by atoms with van der Waals surface area (Å²) in [4.78, 5) is 12.2. The zero-order valence-corrected chi connectivity index (χ0v) is 12.5. The zero-order valence-electron chi connectivity index (χ0n) is 10.1. The first-order valence-corrected chi connectivity index (χ1v) is 6.68. The molecule has 0 unspecified atom stereocenters. The van der Waals surface area contributed by atoms with Crippen LogP contribution in [0.25, 0.3) is 0 Å². The summed E-state index contributed by atoms with van der Waals surface area (Å²) in [7, 11) is 1.52. The van der Waals surface area contributed by atoms with Crippen molar-refractivity contribution in [3.8, 4) is 5.75 Å². The Morgan fingerprint density at radius 1 is 1.26 bits per heavy atom. The molecule has 0 aliphatic heterocycles. The average Bonchev–Trinajstić information content (AvgIpc) is 2.41. The third-order valence-corrected chi connectivity index (χ3v) is 3.35. The van der Waals surface area contributed by atoms with Crippen molar-refractivity contribution < 1.29 is 9.53 Å². The highest BCUT2D eigenvalue weighted by molar-refractivity contribution is 9.10. The van der Waals surface area contributed by atoms with Gasteiger partial charge in [0.15, 0.2) is 0 Å². The summed E-state index contributed by atoms with van der Waals surface area (Å²) < 4.78 is 6.04. The van der Waals surface area contributed by atoms with Gasteiger partial charge in [-0.15, -0.1) is 0 Å². The lowest BCUT2D eigenvalue weighted by atomic mass is 10.2. The van der Waals surface area contributed by atoms with E-state index in [1.807, 2.05) is 0 Å². The Morgan fingerprint density at radius 3 is 2.68 bits per heavy atom. The Hall–Kier alpha value is -1.52. The van der Waals surface area contributed by atoms with E-state index in [1.165, 1.54) is 7.11 Å². The second kappa shape index (κ2) is 6.08. The predicted molar refractivity (Wildman–Crippen MR) is 80.1 cm³/mol. The molecular weight excluding hydrogens is 330 g/mol. The predicted octanol–water partition coefficient (Wildman–Crippen LogP) is 4.36. The van der Waals surface area contributed by atoms with E-state index in [1.54, 1.807) is 42.5 Å². The van der Waals surface area contributed by atoms with Gasteiger partial charge in [-0.25, -0.2) is 0 Å². The van der Waals surface area contributed by atoms with Crippen molar-refractivity contribution in [2.24, 2.45) is 0 Å². The Labute approximate surface area is 124 Å². The SMILES string of the molecule is COc1cc(Br)ccc1C(=O)Nc1ccccc1Cl. The fourth-order valence-electron chi connectivity index (χ4n) is 1.60. The topological polar surface area (TPSA) is 38.3 Å². The molecule has 2 aromatic carbocycles. The number of nitrogens with one attached hydrogen (secondary N) is 1. The summed E-state index contributed by atoms with van der Waals surface area (Å²) in [6.07, 6.45) is 0. The molecule has 2 rings (SSSR count). The molecule has 0 aromatic heterocycles. The molecule has 1 amide bonds. The van der Waals surface area contributed by atoms with Crippen molar-refractivity contribution in [2.45, 2.75) is 0 Å². The summed E-state index contributed by atoms with van der Waals surface area (Å²) in [6, 6.07) is 12.3. The first kappa shape index (κ1) is 13.9. The normalized spacial score (nSPS) is 10.1. The minimum absolute atomic E-state index is 0.266. The maximum atomic E-state index is 12.2. The summed E-state index contributed by atoms with van der Waals surface area (Å²) in [5.74, 6) is 0.233. The first-order valence-electron chi connectivity index (χ1n) is 5.51. The highest BCUT2D eigenvalue weighted by Gasteiger charge is 2.13. The number of methoxy groups -OCH3 is 1. The van der Waals surface area contributed by atoms with Crippen LogP contribution in [0.15, 0.2) is 46.9 Å². The number of carbonyl (C=O) groups is 1. The van der Waals surface area contributed by atoms with E-state index in [-0.39, 0.29) is 5.91 Å². The summed E-state index contributed by atoms with van der Waals surface area (Å²) in [5.41, 5.74) is 1.02. The molecule has 0 bridgehead atoms. The van der Waals surface area contributed by atoms with Gasteiger partial charge in [0.1, 0.15) is 5.75 Å². The number of hydrogen-bond donors (Lipinski definition) is 1. The number of benzene rings is 2. The molecule has 0 saturated carbocycles. The molecule has 0 saturated heterocycles. The molecule has 0 atom stereocenters. The van der Waals surface area contributed by atoms with Gasteiger partial charge in [-0.2, -0.15) is 0 Å². The van der Waals surface area contributed by atoms with Crippen LogP contribution in [0.3, 0.4) is 0 Å². The van der Waals surface area contributed by atoms with Crippen LogP contribution in [-0.4, -0.2) is 13.0 Å². The van der Waals surface area contributed by atoms with Crippen LogP contribution in [0.1, 0.15) is 10.4 Å². The highest BCUT2D eigenvalue weighted by atomic mass is 79.9. The van der Waals surface area contributed by atoms with Gasteiger partial charge >= 0.3 is 0 Å². The molecule has 0 fully saturated rings. The lowest BCUT2D eigenvalue weighted by Crippen LogP contribution is -2.13. The monoisotopic (exact) mass is 339 g/mol. The number of hydrogen-bond acceptors (Lipinski definition) is 2. The quantitative estimate of drug-likeness (QED) is 0.901. The molecule has 5 heteroatoms. The number of halogens is 2. The van der Waals surface area contributed by atoms with Gasteiger partial charge in [0, 0.05) is 4.47 Å². The summed E-state index contributed by atoms with van der Waals surface area (Å²) >= 11 is 9.33. The van der Waals surface area contributed by atoms with E-state index in [0.29, 0.717) is 22.0 Å². The van der Waals surface area contributed by atoms with Gasteiger partial charge in [0.2, 0.25) is 0 Å². The summed E-state index contributed by atoms with van der Waals surface area (Å²) in [6.45, 7) is 0. The van der Waals surface area contributed by atoms with E-state index in [9.17, 15) is 4.79 Å². The minimum Gasteiger partial charge on any atom is -0.496 e. The van der Waals surface area contributed by atoms with Crippen molar-refractivity contribution in [1.29, 1.82) is 0 Å². The second-order valence-electron chi connectivity index (χ2n) is 3.78. The van der Waals surface area contributed by atoms with Gasteiger partial charge in [-0.3, -0.25) is 4.79 Å². The Morgan fingerprint density at radius 2 is 2.00 bits per heavy atom. The third kappa shape index (κ3) is 3.28. The van der Waals surface area contributed by atoms with E-state index in [4.69, 9.17) is 16.3 Å². The van der Waals surface area contributed by atoms with Crippen molar-refractivity contribution in [3.63, 3.8) is 0 Å². The summed E-state index contributed by atoms with van der Waals surface area (Å²) in [5, 5.41) is 3.25. The van der Waals surface area contributed by atoms with Crippen molar-refractivity contribution in [3.05, 3.63) is 57.5 Å². The number of amides is 1. The largest absolute Gasteiger partial charge is 0.496 e. The van der Waals surface area contributed by atoms with Gasteiger partial charge in [0.05, 0.1) is 23.4 Å². The first-order chi connectivity index (χ1) is 9.11. The number of ether oxygens (including phenoxy) is 1. The Kier molecular flexibility index (Phi) is 4.45. The van der Waals surface area contributed by atoms with E-state index in [0.717, 1.165) is 4.47 Å². The average molecular weight is 341 g/mol. The molecule has 0 aliphatic carbocycles. The molecule has 0 aliphatic rings. The third-order valence-electron chi connectivity index (χ3n) is 2.53.